The van der Waals surface area contributed by atoms with Gasteiger partial charge in [0.05, 0.1) is 21.4 Å². The van der Waals surface area contributed by atoms with Gasteiger partial charge in [-0.1, -0.05) is 65.7 Å². The van der Waals surface area contributed by atoms with Crippen molar-refractivity contribution >= 4 is 67.8 Å². The Balaban J connectivity index is 1.32. The minimum Gasteiger partial charge on any atom is -0.383 e. The van der Waals surface area contributed by atoms with Crippen LogP contribution in [0.1, 0.15) is 0 Å². The van der Waals surface area contributed by atoms with Crippen molar-refractivity contribution in [2.45, 2.75) is 0 Å². The number of halogens is 2. The Hall–Kier alpha value is -3.19. The number of hydrogen-bond donors (Lipinski definition) is 5. The number of nitrogens with one attached hydrogen (secondary N) is 3. The Bertz CT molecular complexity index is 1300. The van der Waals surface area contributed by atoms with Crippen molar-refractivity contribution < 1.29 is 0 Å². The van der Waals surface area contributed by atoms with Crippen LogP contribution in [0.5, 0.6) is 0 Å². The average molecular weight is 481 g/mol. The van der Waals surface area contributed by atoms with Crippen molar-refractivity contribution in [3.05, 3.63) is 76.8 Å². The lowest BCUT2D eigenvalue weighted by Gasteiger charge is -2.14. The van der Waals surface area contributed by atoms with Gasteiger partial charge in [-0.15, -0.1) is 0 Å². The minimum absolute atomic E-state index is 0.0408. The second kappa shape index (κ2) is 10.6. The summed E-state index contributed by atoms with van der Waals surface area (Å²) in [5.74, 6) is 0.0408. The Labute approximate surface area is 203 Å². The molecule has 0 unspecified atom stereocenters. The molecule has 0 fully saturated rings. The van der Waals surface area contributed by atoms with Crippen LogP contribution in [-0.4, -0.2) is 32.1 Å². The molecule has 0 aromatic heterocycles. The summed E-state index contributed by atoms with van der Waals surface area (Å²) in [6, 6.07) is 21.7. The summed E-state index contributed by atoms with van der Waals surface area (Å²) in [6.07, 6.45) is 0. The molecule has 0 atom stereocenters. The maximum Gasteiger partial charge on any atom is 0.191 e. The SMILES string of the molecule is NC(N)=Nc1cccc2cccc(NCCNCCNc3c(Cl)ccc4cccc(Cl)c34)c12. The van der Waals surface area contributed by atoms with Gasteiger partial charge in [0.2, 0.25) is 0 Å². The third-order valence-corrected chi connectivity index (χ3v) is 5.93. The summed E-state index contributed by atoms with van der Waals surface area (Å²) < 4.78 is 0. The van der Waals surface area contributed by atoms with Crippen LogP contribution in [-0.2, 0) is 0 Å². The Morgan fingerprint density at radius 2 is 1.36 bits per heavy atom. The molecule has 4 aromatic rings. The maximum absolute atomic E-state index is 6.42. The molecule has 170 valence electrons. The summed E-state index contributed by atoms with van der Waals surface area (Å²) >= 11 is 12.8. The van der Waals surface area contributed by atoms with E-state index in [1.807, 2.05) is 66.7 Å². The number of anilines is 2. The highest BCUT2D eigenvalue weighted by molar-refractivity contribution is 6.40. The van der Waals surface area contributed by atoms with E-state index in [-0.39, 0.29) is 5.96 Å². The molecule has 33 heavy (non-hydrogen) atoms. The van der Waals surface area contributed by atoms with E-state index in [9.17, 15) is 0 Å². The smallest absolute Gasteiger partial charge is 0.191 e. The molecule has 0 saturated carbocycles. The van der Waals surface area contributed by atoms with Gasteiger partial charge in [0.15, 0.2) is 5.96 Å². The molecule has 0 aliphatic rings. The lowest BCUT2D eigenvalue weighted by atomic mass is 10.1. The highest BCUT2D eigenvalue weighted by Gasteiger charge is 2.09. The number of benzene rings is 4. The Morgan fingerprint density at radius 3 is 2.12 bits per heavy atom. The summed E-state index contributed by atoms with van der Waals surface area (Å²) in [6.45, 7) is 3.02. The second-order valence-electron chi connectivity index (χ2n) is 7.58. The van der Waals surface area contributed by atoms with E-state index < -0.39 is 0 Å². The molecule has 4 rings (SSSR count). The maximum atomic E-state index is 6.42. The van der Waals surface area contributed by atoms with Gasteiger partial charge in [-0.3, -0.25) is 0 Å². The lowest BCUT2D eigenvalue weighted by molar-refractivity contribution is 0.719. The largest absolute Gasteiger partial charge is 0.383 e. The highest BCUT2D eigenvalue weighted by atomic mass is 35.5. The summed E-state index contributed by atoms with van der Waals surface area (Å²) in [7, 11) is 0. The van der Waals surface area contributed by atoms with Gasteiger partial charge in [0.25, 0.3) is 0 Å². The zero-order chi connectivity index (χ0) is 23.2. The van der Waals surface area contributed by atoms with Crippen molar-refractivity contribution in [2.24, 2.45) is 16.5 Å². The van der Waals surface area contributed by atoms with Crippen LogP contribution in [0.15, 0.2) is 71.7 Å². The van der Waals surface area contributed by atoms with Gasteiger partial charge in [-0.05, 0) is 35.0 Å². The van der Waals surface area contributed by atoms with Gasteiger partial charge < -0.3 is 27.4 Å². The first-order chi connectivity index (χ1) is 16.0. The molecule has 6 nitrogen and oxygen atoms in total. The normalized spacial score (nSPS) is 11.0. The molecule has 8 heteroatoms. The van der Waals surface area contributed by atoms with Gasteiger partial charge in [-0.2, -0.15) is 0 Å². The van der Waals surface area contributed by atoms with E-state index in [2.05, 4.69) is 20.9 Å². The number of guanidine groups is 1. The van der Waals surface area contributed by atoms with Crippen LogP contribution < -0.4 is 27.4 Å². The molecular weight excluding hydrogens is 455 g/mol. The number of hydrogen-bond acceptors (Lipinski definition) is 4. The van der Waals surface area contributed by atoms with Crippen molar-refractivity contribution in [2.75, 3.05) is 36.8 Å². The lowest BCUT2D eigenvalue weighted by Crippen LogP contribution is -2.27. The predicted octanol–water partition coefficient (Wildman–Crippen LogP) is 5.32. The summed E-state index contributed by atoms with van der Waals surface area (Å²) in [5, 5.41) is 15.7. The van der Waals surface area contributed by atoms with E-state index in [1.54, 1.807) is 0 Å². The zero-order valence-electron chi connectivity index (χ0n) is 18.0. The van der Waals surface area contributed by atoms with E-state index in [0.29, 0.717) is 16.6 Å². The van der Waals surface area contributed by atoms with Crippen molar-refractivity contribution in [3.63, 3.8) is 0 Å². The Kier molecular flexibility index (Phi) is 7.40. The van der Waals surface area contributed by atoms with Gasteiger partial charge in [-0.25, -0.2) is 4.99 Å². The fourth-order valence-corrected chi connectivity index (χ4v) is 4.37. The molecule has 0 heterocycles. The van der Waals surface area contributed by atoms with Crippen LogP contribution in [0.25, 0.3) is 21.5 Å². The van der Waals surface area contributed by atoms with Crippen molar-refractivity contribution in [1.29, 1.82) is 0 Å². The first-order valence-corrected chi connectivity index (χ1v) is 11.5. The van der Waals surface area contributed by atoms with Crippen molar-refractivity contribution in [1.82, 2.24) is 5.32 Å². The predicted molar refractivity (Wildman–Crippen MR) is 143 cm³/mol. The molecule has 0 bridgehead atoms. The van der Waals surface area contributed by atoms with Crippen molar-refractivity contribution in [3.8, 4) is 0 Å². The third kappa shape index (κ3) is 5.42. The number of rotatable bonds is 9. The molecule has 0 amide bonds. The fourth-order valence-electron chi connectivity index (χ4n) is 3.87. The van der Waals surface area contributed by atoms with Gasteiger partial charge >= 0.3 is 0 Å². The number of nitrogens with two attached hydrogens (primary N) is 2. The quantitative estimate of drug-likeness (QED) is 0.127. The first-order valence-electron chi connectivity index (χ1n) is 10.7. The molecule has 0 spiro atoms. The van der Waals surface area contributed by atoms with E-state index >= 15 is 0 Å². The number of aliphatic imine (C=N–C) groups is 1. The number of fused-ring (bicyclic) bond motifs is 2. The van der Waals surface area contributed by atoms with E-state index in [0.717, 1.165) is 58.2 Å². The Morgan fingerprint density at radius 1 is 0.697 bits per heavy atom. The van der Waals surface area contributed by atoms with Crippen LogP contribution in [0.2, 0.25) is 10.0 Å². The van der Waals surface area contributed by atoms with E-state index in [4.69, 9.17) is 34.7 Å². The molecule has 4 aromatic carbocycles. The summed E-state index contributed by atoms with van der Waals surface area (Å²) in [4.78, 5) is 4.27. The fraction of sp³-hybridized carbons (Fsp3) is 0.160. The average Bonchev–Trinajstić information content (AvgIpc) is 2.79. The second-order valence-corrected chi connectivity index (χ2v) is 8.40. The molecule has 7 N–H and O–H groups in total. The third-order valence-electron chi connectivity index (χ3n) is 5.30. The molecular formula is C25H26Cl2N6. The monoisotopic (exact) mass is 480 g/mol. The molecule has 0 aliphatic carbocycles. The standard InChI is InChI=1S/C25H26Cl2N6/c26-18-7-1-4-17-10-11-19(27)24(22(17)18)32-15-13-30-12-14-31-20-8-2-5-16-6-3-9-21(23(16)20)33-25(28)29/h1-11,30-32H,12-15H2,(H4,28,29,33). The van der Waals surface area contributed by atoms with Crippen LogP contribution in [0, 0.1) is 0 Å². The van der Waals surface area contributed by atoms with Crippen LogP contribution >= 0.6 is 23.2 Å². The first kappa shape index (κ1) is 23.0. The van der Waals surface area contributed by atoms with Crippen LogP contribution in [0.3, 0.4) is 0 Å². The zero-order valence-corrected chi connectivity index (χ0v) is 19.5. The van der Waals surface area contributed by atoms with Crippen LogP contribution in [0.4, 0.5) is 17.1 Å². The number of nitrogens with zero attached hydrogens (tertiary/aromatic N) is 1. The highest BCUT2D eigenvalue weighted by Crippen LogP contribution is 2.36. The topological polar surface area (TPSA) is 100 Å². The molecule has 0 aliphatic heterocycles. The summed E-state index contributed by atoms with van der Waals surface area (Å²) in [5.41, 5.74) is 13.8. The van der Waals surface area contributed by atoms with E-state index in [1.165, 1.54) is 0 Å². The minimum atomic E-state index is 0.0408. The van der Waals surface area contributed by atoms with Gasteiger partial charge in [0, 0.05) is 42.6 Å². The molecule has 0 saturated heterocycles. The molecule has 0 radical (unpaired) electrons. The van der Waals surface area contributed by atoms with Gasteiger partial charge in [0.1, 0.15) is 0 Å².